The van der Waals surface area contributed by atoms with Crippen molar-refractivity contribution in [3.8, 4) is 11.5 Å². The van der Waals surface area contributed by atoms with Gasteiger partial charge in [-0.15, -0.1) is 0 Å². The van der Waals surface area contributed by atoms with Gasteiger partial charge < -0.3 is 9.47 Å². The first-order valence-electron chi connectivity index (χ1n) is 8.42. The summed E-state index contributed by atoms with van der Waals surface area (Å²) >= 11 is 0. The van der Waals surface area contributed by atoms with Crippen molar-refractivity contribution in [2.24, 2.45) is 5.10 Å². The number of amides is 1. The van der Waals surface area contributed by atoms with Gasteiger partial charge in [0.15, 0.2) is 6.61 Å². The monoisotopic (exact) mass is 348 g/mol. The zero-order valence-corrected chi connectivity index (χ0v) is 14.5. The molecule has 0 fully saturated rings. The number of ether oxygens (including phenoxy) is 2. The number of hydrazone groups is 1. The number of nitrogens with one attached hydrogen (secondary N) is 1. The SMILES string of the molecule is CCOc1ccccc1/C=N/NC(=O)COc1cccc2ccccc12. The van der Waals surface area contributed by atoms with Gasteiger partial charge >= 0.3 is 0 Å². The first-order chi connectivity index (χ1) is 12.8. The summed E-state index contributed by atoms with van der Waals surface area (Å²) in [5.74, 6) is 1.06. The van der Waals surface area contributed by atoms with Crippen molar-refractivity contribution in [1.29, 1.82) is 0 Å². The number of benzene rings is 3. The summed E-state index contributed by atoms with van der Waals surface area (Å²) in [4.78, 5) is 12.0. The minimum absolute atomic E-state index is 0.113. The molecule has 3 aromatic carbocycles. The molecule has 26 heavy (non-hydrogen) atoms. The van der Waals surface area contributed by atoms with Crippen LogP contribution < -0.4 is 14.9 Å². The van der Waals surface area contributed by atoms with Crippen molar-refractivity contribution < 1.29 is 14.3 Å². The van der Waals surface area contributed by atoms with Crippen LogP contribution in [0.5, 0.6) is 11.5 Å². The van der Waals surface area contributed by atoms with Crippen LogP contribution >= 0.6 is 0 Å². The van der Waals surface area contributed by atoms with Crippen molar-refractivity contribution in [3.63, 3.8) is 0 Å². The molecule has 3 rings (SSSR count). The van der Waals surface area contributed by atoms with Crippen molar-refractivity contribution in [1.82, 2.24) is 5.43 Å². The van der Waals surface area contributed by atoms with Gasteiger partial charge in [-0.2, -0.15) is 5.10 Å². The lowest BCUT2D eigenvalue weighted by Gasteiger charge is -2.08. The number of hydrogen-bond donors (Lipinski definition) is 1. The minimum Gasteiger partial charge on any atom is -0.493 e. The Hall–Kier alpha value is -3.34. The summed E-state index contributed by atoms with van der Waals surface area (Å²) in [6.45, 7) is 2.37. The molecule has 0 aromatic heterocycles. The smallest absolute Gasteiger partial charge is 0.277 e. The number of carbonyl (C=O) groups is 1. The molecule has 0 aliphatic heterocycles. The van der Waals surface area contributed by atoms with Gasteiger partial charge in [0.1, 0.15) is 11.5 Å². The summed E-state index contributed by atoms with van der Waals surface area (Å²) in [6, 6.07) is 21.1. The van der Waals surface area contributed by atoms with Gasteiger partial charge in [0.2, 0.25) is 0 Å². The Morgan fingerprint density at radius 2 is 1.69 bits per heavy atom. The first kappa shape index (κ1) is 17.5. The third kappa shape index (κ3) is 4.39. The van der Waals surface area contributed by atoms with Crippen LogP contribution in [-0.4, -0.2) is 25.3 Å². The Bertz CT molecular complexity index is 917. The van der Waals surface area contributed by atoms with Gasteiger partial charge in [0.25, 0.3) is 5.91 Å². The van der Waals surface area contributed by atoms with Crippen molar-refractivity contribution in [2.45, 2.75) is 6.92 Å². The van der Waals surface area contributed by atoms with Crippen LogP contribution in [0.25, 0.3) is 10.8 Å². The molecule has 0 heterocycles. The second-order valence-corrected chi connectivity index (χ2v) is 5.53. The van der Waals surface area contributed by atoms with Crippen molar-refractivity contribution in [3.05, 3.63) is 72.3 Å². The Morgan fingerprint density at radius 1 is 0.962 bits per heavy atom. The zero-order chi connectivity index (χ0) is 18.2. The fraction of sp³-hybridized carbons (Fsp3) is 0.143. The van der Waals surface area contributed by atoms with Crippen LogP contribution in [0.3, 0.4) is 0 Å². The molecule has 0 aliphatic rings. The maximum Gasteiger partial charge on any atom is 0.277 e. The molecule has 3 aromatic rings. The van der Waals surface area contributed by atoms with Gasteiger partial charge in [0, 0.05) is 10.9 Å². The van der Waals surface area contributed by atoms with E-state index < -0.39 is 0 Å². The van der Waals surface area contributed by atoms with Gasteiger partial charge in [-0.1, -0.05) is 48.5 Å². The molecule has 0 radical (unpaired) electrons. The average Bonchev–Trinajstić information content (AvgIpc) is 2.68. The van der Waals surface area contributed by atoms with Crippen LogP contribution in [0.4, 0.5) is 0 Å². The van der Waals surface area contributed by atoms with Crippen molar-refractivity contribution in [2.75, 3.05) is 13.2 Å². The lowest BCUT2D eigenvalue weighted by Crippen LogP contribution is -2.24. The standard InChI is InChI=1S/C21H20N2O3/c1-2-25-19-12-6-4-9-17(19)14-22-23-21(24)15-26-20-13-7-10-16-8-3-5-11-18(16)20/h3-14H,2,15H2,1H3,(H,23,24)/b22-14+. The maximum atomic E-state index is 12.0. The largest absolute Gasteiger partial charge is 0.493 e. The first-order valence-corrected chi connectivity index (χ1v) is 8.42. The predicted molar refractivity (Wildman–Crippen MR) is 103 cm³/mol. The van der Waals surface area contributed by atoms with E-state index in [-0.39, 0.29) is 12.5 Å². The topological polar surface area (TPSA) is 59.9 Å². The molecular weight excluding hydrogens is 328 g/mol. The van der Waals surface area contributed by atoms with Crippen LogP contribution in [-0.2, 0) is 4.79 Å². The summed E-state index contributed by atoms with van der Waals surface area (Å²) in [5, 5.41) is 6.01. The van der Waals surface area contributed by atoms with Crippen molar-refractivity contribution >= 4 is 22.9 Å². The molecular formula is C21H20N2O3. The number of rotatable bonds is 7. The van der Waals surface area contributed by atoms with Crippen LogP contribution in [0.1, 0.15) is 12.5 Å². The van der Waals surface area contributed by atoms with Crippen LogP contribution in [0.15, 0.2) is 71.8 Å². The van der Waals surface area contributed by atoms with E-state index >= 15 is 0 Å². The highest BCUT2D eigenvalue weighted by atomic mass is 16.5. The molecule has 132 valence electrons. The third-order valence-corrected chi connectivity index (χ3v) is 3.72. The quantitative estimate of drug-likeness (QED) is 0.522. The van der Waals surface area contributed by atoms with Crippen LogP contribution in [0.2, 0.25) is 0 Å². The summed E-state index contributed by atoms with van der Waals surface area (Å²) in [5.41, 5.74) is 3.26. The van der Waals surface area contributed by atoms with Gasteiger partial charge in [-0.3, -0.25) is 4.79 Å². The fourth-order valence-corrected chi connectivity index (χ4v) is 2.55. The Balaban J connectivity index is 1.58. The molecule has 1 amide bonds. The minimum atomic E-state index is -0.330. The van der Waals surface area contributed by atoms with Gasteiger partial charge in [-0.25, -0.2) is 5.43 Å². The Morgan fingerprint density at radius 3 is 2.58 bits per heavy atom. The van der Waals surface area contributed by atoms with Gasteiger partial charge in [0.05, 0.1) is 12.8 Å². The average molecular weight is 348 g/mol. The van der Waals surface area contributed by atoms with E-state index in [1.165, 1.54) is 0 Å². The molecule has 0 spiro atoms. The third-order valence-electron chi connectivity index (χ3n) is 3.72. The number of nitrogens with zero attached hydrogens (tertiary/aromatic N) is 1. The summed E-state index contributed by atoms with van der Waals surface area (Å²) < 4.78 is 11.1. The van der Waals surface area contributed by atoms with Crippen LogP contribution in [0, 0.1) is 0 Å². The Kier molecular flexibility index (Phi) is 5.83. The molecule has 0 unspecified atom stereocenters. The second-order valence-electron chi connectivity index (χ2n) is 5.53. The zero-order valence-electron chi connectivity index (χ0n) is 14.5. The number of carbonyl (C=O) groups excluding carboxylic acids is 1. The van der Waals surface area contributed by atoms with E-state index in [2.05, 4.69) is 10.5 Å². The normalized spacial score (nSPS) is 10.8. The highest BCUT2D eigenvalue weighted by molar-refractivity contribution is 5.89. The molecule has 0 saturated carbocycles. The highest BCUT2D eigenvalue weighted by Crippen LogP contribution is 2.24. The summed E-state index contributed by atoms with van der Waals surface area (Å²) in [6.07, 6.45) is 1.56. The van der Waals surface area contributed by atoms with E-state index in [1.54, 1.807) is 6.21 Å². The maximum absolute atomic E-state index is 12.0. The second kappa shape index (κ2) is 8.67. The fourth-order valence-electron chi connectivity index (χ4n) is 2.55. The lowest BCUT2D eigenvalue weighted by molar-refractivity contribution is -0.123. The predicted octanol–water partition coefficient (Wildman–Crippen LogP) is 3.77. The lowest BCUT2D eigenvalue weighted by atomic mass is 10.1. The molecule has 0 saturated heterocycles. The number of hydrogen-bond acceptors (Lipinski definition) is 4. The van der Waals surface area contributed by atoms with E-state index in [9.17, 15) is 4.79 Å². The molecule has 5 nitrogen and oxygen atoms in total. The van der Waals surface area contributed by atoms with E-state index in [0.29, 0.717) is 12.4 Å². The number of fused-ring (bicyclic) bond motifs is 1. The molecule has 0 bridgehead atoms. The van der Waals surface area contributed by atoms with E-state index in [1.807, 2.05) is 73.7 Å². The molecule has 5 heteroatoms. The molecule has 1 N–H and O–H groups in total. The Labute approximate surface area is 152 Å². The molecule has 0 aliphatic carbocycles. The van der Waals surface area contributed by atoms with E-state index in [4.69, 9.17) is 9.47 Å². The molecule has 0 atom stereocenters. The number of para-hydroxylation sites is 1. The summed E-state index contributed by atoms with van der Waals surface area (Å²) in [7, 11) is 0. The van der Waals surface area contributed by atoms with Gasteiger partial charge in [-0.05, 0) is 30.5 Å². The van der Waals surface area contributed by atoms with E-state index in [0.717, 1.165) is 22.1 Å². The highest BCUT2D eigenvalue weighted by Gasteiger charge is 2.05.